The lowest BCUT2D eigenvalue weighted by Crippen LogP contribution is -2.49. The first-order valence-electron chi connectivity index (χ1n) is 9.21. The van der Waals surface area contributed by atoms with Crippen LogP contribution in [0.3, 0.4) is 0 Å². The van der Waals surface area contributed by atoms with E-state index in [1.165, 1.54) is 0 Å². The average Bonchev–Trinajstić information content (AvgIpc) is 2.75. The molecule has 1 aromatic heterocycles. The third-order valence-electron chi connectivity index (χ3n) is 4.58. The van der Waals surface area contributed by atoms with Crippen molar-refractivity contribution in [3.63, 3.8) is 0 Å². The molecule has 2 heterocycles. The van der Waals surface area contributed by atoms with Crippen molar-refractivity contribution in [3.8, 4) is 11.5 Å². The molecule has 0 aliphatic carbocycles. The lowest BCUT2D eigenvalue weighted by molar-refractivity contribution is 0.260. The summed E-state index contributed by atoms with van der Waals surface area (Å²) in [6.07, 6.45) is 3.56. The molecular weight excluding hydrogens is 376 g/mol. The van der Waals surface area contributed by atoms with Gasteiger partial charge in [-0.3, -0.25) is 4.90 Å². The molecule has 0 atom stereocenters. The normalized spacial score (nSPS) is 14.4. The fourth-order valence-corrected chi connectivity index (χ4v) is 3.23. The van der Waals surface area contributed by atoms with Gasteiger partial charge in [0, 0.05) is 57.7 Å². The van der Waals surface area contributed by atoms with Crippen LogP contribution in [-0.4, -0.2) is 73.5 Å². The lowest BCUT2D eigenvalue weighted by atomic mass is 10.2. The minimum atomic E-state index is 0.569. The highest BCUT2D eigenvalue weighted by Gasteiger charge is 2.18. The quantitative estimate of drug-likeness (QED) is 0.672. The Hall–Kier alpha value is -2.65. The van der Waals surface area contributed by atoms with Crippen LogP contribution >= 0.6 is 12.2 Å². The van der Waals surface area contributed by atoms with Crippen LogP contribution in [-0.2, 0) is 0 Å². The monoisotopic (exact) mass is 402 g/mol. The number of anilines is 2. The van der Waals surface area contributed by atoms with Gasteiger partial charge in [-0.25, -0.2) is 9.97 Å². The fraction of sp³-hybridized carbons (Fsp3) is 0.421. The first-order chi connectivity index (χ1) is 13.7. The number of nitrogens with one attached hydrogen (secondary N) is 2. The molecule has 150 valence electrons. The van der Waals surface area contributed by atoms with Crippen LogP contribution < -0.4 is 25.0 Å². The predicted molar refractivity (Wildman–Crippen MR) is 114 cm³/mol. The van der Waals surface area contributed by atoms with Gasteiger partial charge in [0.15, 0.2) is 5.11 Å². The second-order valence-electron chi connectivity index (χ2n) is 6.32. The average molecular weight is 403 g/mol. The van der Waals surface area contributed by atoms with Crippen molar-refractivity contribution in [1.82, 2.24) is 20.2 Å². The van der Waals surface area contributed by atoms with Crippen molar-refractivity contribution in [2.24, 2.45) is 0 Å². The SMILES string of the molecule is COc1ccc(NC(=S)NCCN2CCN(c3ncccn3)CC2)c(OC)c1. The van der Waals surface area contributed by atoms with E-state index in [0.717, 1.165) is 56.7 Å². The summed E-state index contributed by atoms with van der Waals surface area (Å²) >= 11 is 5.40. The molecule has 3 rings (SSSR count). The van der Waals surface area contributed by atoms with E-state index in [9.17, 15) is 0 Å². The smallest absolute Gasteiger partial charge is 0.225 e. The summed E-state index contributed by atoms with van der Waals surface area (Å²) in [6, 6.07) is 7.41. The molecule has 0 amide bonds. The van der Waals surface area contributed by atoms with E-state index in [4.69, 9.17) is 21.7 Å². The Morgan fingerprint density at radius 1 is 1.11 bits per heavy atom. The lowest BCUT2D eigenvalue weighted by Gasteiger charge is -2.34. The van der Waals surface area contributed by atoms with Crippen LogP contribution in [0.2, 0.25) is 0 Å². The number of ether oxygens (including phenoxy) is 2. The number of rotatable bonds is 7. The van der Waals surface area contributed by atoms with Crippen LogP contribution in [0.25, 0.3) is 0 Å². The van der Waals surface area contributed by atoms with Gasteiger partial charge in [0.05, 0.1) is 19.9 Å². The van der Waals surface area contributed by atoms with Gasteiger partial charge < -0.3 is 25.0 Å². The number of piperazine rings is 1. The molecule has 2 aromatic rings. The van der Waals surface area contributed by atoms with E-state index in [0.29, 0.717) is 10.9 Å². The van der Waals surface area contributed by atoms with Crippen molar-refractivity contribution in [2.45, 2.75) is 0 Å². The highest BCUT2D eigenvalue weighted by atomic mass is 32.1. The molecule has 1 fully saturated rings. The Kier molecular flexibility index (Phi) is 7.21. The van der Waals surface area contributed by atoms with Crippen molar-refractivity contribution in [3.05, 3.63) is 36.7 Å². The van der Waals surface area contributed by atoms with Gasteiger partial charge in [-0.2, -0.15) is 0 Å². The van der Waals surface area contributed by atoms with Gasteiger partial charge in [-0.15, -0.1) is 0 Å². The van der Waals surface area contributed by atoms with Crippen LogP contribution in [0.4, 0.5) is 11.6 Å². The minimum Gasteiger partial charge on any atom is -0.497 e. The summed E-state index contributed by atoms with van der Waals surface area (Å²) in [5, 5.41) is 7.00. The summed E-state index contributed by atoms with van der Waals surface area (Å²) in [5.41, 5.74) is 0.803. The Morgan fingerprint density at radius 2 is 1.86 bits per heavy atom. The molecule has 28 heavy (non-hydrogen) atoms. The topological polar surface area (TPSA) is 74.8 Å². The zero-order valence-corrected chi connectivity index (χ0v) is 17.0. The molecule has 0 unspecified atom stereocenters. The summed E-state index contributed by atoms with van der Waals surface area (Å²) in [5.74, 6) is 2.23. The second-order valence-corrected chi connectivity index (χ2v) is 6.73. The maximum Gasteiger partial charge on any atom is 0.225 e. The molecule has 0 spiro atoms. The highest BCUT2D eigenvalue weighted by Crippen LogP contribution is 2.28. The number of thiocarbonyl (C=S) groups is 1. The third-order valence-corrected chi connectivity index (χ3v) is 4.82. The number of benzene rings is 1. The maximum absolute atomic E-state index is 5.40. The van der Waals surface area contributed by atoms with Gasteiger partial charge in [0.2, 0.25) is 5.95 Å². The molecule has 8 nitrogen and oxygen atoms in total. The van der Waals surface area contributed by atoms with Gasteiger partial charge in [0.1, 0.15) is 11.5 Å². The maximum atomic E-state index is 5.40. The molecule has 2 N–H and O–H groups in total. The fourth-order valence-electron chi connectivity index (χ4n) is 3.02. The second kappa shape index (κ2) is 10.0. The predicted octanol–water partition coefficient (Wildman–Crippen LogP) is 1.60. The van der Waals surface area contributed by atoms with Gasteiger partial charge >= 0.3 is 0 Å². The standard InChI is InChI=1S/C19H26N6O2S/c1-26-15-4-5-16(17(14-15)27-2)23-19(28)22-8-9-24-10-12-25(13-11-24)18-20-6-3-7-21-18/h3-7,14H,8-13H2,1-2H3,(H2,22,23,28). The van der Waals surface area contributed by atoms with E-state index < -0.39 is 0 Å². The minimum absolute atomic E-state index is 0.569. The van der Waals surface area contributed by atoms with Gasteiger partial charge in [0.25, 0.3) is 0 Å². The molecular formula is C19H26N6O2S. The zero-order valence-electron chi connectivity index (χ0n) is 16.2. The van der Waals surface area contributed by atoms with Crippen molar-refractivity contribution in [2.75, 3.05) is 63.7 Å². The largest absolute Gasteiger partial charge is 0.497 e. The first-order valence-corrected chi connectivity index (χ1v) is 9.61. The highest BCUT2D eigenvalue weighted by molar-refractivity contribution is 7.80. The van der Waals surface area contributed by atoms with E-state index in [2.05, 4.69) is 30.4 Å². The number of methoxy groups -OCH3 is 2. The third kappa shape index (κ3) is 5.43. The van der Waals surface area contributed by atoms with Crippen molar-refractivity contribution >= 4 is 29.0 Å². The van der Waals surface area contributed by atoms with Crippen molar-refractivity contribution in [1.29, 1.82) is 0 Å². The first kappa shape index (κ1) is 20.1. The Balaban J connectivity index is 1.39. The molecule has 0 saturated carbocycles. The van der Waals surface area contributed by atoms with Crippen LogP contribution in [0.15, 0.2) is 36.7 Å². The van der Waals surface area contributed by atoms with Crippen LogP contribution in [0.1, 0.15) is 0 Å². The van der Waals surface area contributed by atoms with Gasteiger partial charge in [-0.1, -0.05) is 0 Å². The molecule has 1 aliphatic heterocycles. The molecule has 0 radical (unpaired) electrons. The Bertz CT molecular complexity index is 768. The van der Waals surface area contributed by atoms with E-state index in [1.807, 2.05) is 24.3 Å². The van der Waals surface area contributed by atoms with Crippen LogP contribution in [0.5, 0.6) is 11.5 Å². The molecule has 0 bridgehead atoms. The Labute approximate surface area is 170 Å². The van der Waals surface area contributed by atoms with E-state index in [-0.39, 0.29) is 0 Å². The van der Waals surface area contributed by atoms with E-state index in [1.54, 1.807) is 26.6 Å². The number of hydrogen-bond acceptors (Lipinski definition) is 7. The summed E-state index contributed by atoms with van der Waals surface area (Å²) in [4.78, 5) is 13.3. The number of aromatic nitrogens is 2. The van der Waals surface area contributed by atoms with Crippen LogP contribution in [0, 0.1) is 0 Å². The summed E-state index contributed by atoms with van der Waals surface area (Å²) in [6.45, 7) is 5.50. The summed E-state index contributed by atoms with van der Waals surface area (Å²) in [7, 11) is 3.25. The molecule has 9 heteroatoms. The zero-order chi connectivity index (χ0) is 19.8. The number of hydrogen-bond donors (Lipinski definition) is 2. The molecule has 1 saturated heterocycles. The number of nitrogens with zero attached hydrogens (tertiary/aromatic N) is 4. The Morgan fingerprint density at radius 3 is 2.54 bits per heavy atom. The van der Waals surface area contributed by atoms with Gasteiger partial charge in [-0.05, 0) is 30.4 Å². The van der Waals surface area contributed by atoms with E-state index >= 15 is 0 Å². The molecule has 1 aromatic carbocycles. The molecule has 1 aliphatic rings. The summed E-state index contributed by atoms with van der Waals surface area (Å²) < 4.78 is 10.6. The van der Waals surface area contributed by atoms with Crippen molar-refractivity contribution < 1.29 is 9.47 Å².